The molecule has 0 atom stereocenters. The van der Waals surface area contributed by atoms with Crippen LogP contribution in [0.3, 0.4) is 0 Å². The van der Waals surface area contributed by atoms with Gasteiger partial charge in [0.25, 0.3) is 5.56 Å². The molecule has 1 aliphatic rings. The fourth-order valence-corrected chi connectivity index (χ4v) is 5.69. The van der Waals surface area contributed by atoms with Gasteiger partial charge in [-0.15, -0.1) is 24.8 Å². The topological polar surface area (TPSA) is 91.9 Å². The number of amides is 2. The summed E-state index contributed by atoms with van der Waals surface area (Å²) in [6, 6.07) is 11.7. The number of benzene rings is 1. The highest BCUT2D eigenvalue weighted by Gasteiger charge is 2.45. The van der Waals surface area contributed by atoms with E-state index in [1.807, 2.05) is 50.4 Å². The van der Waals surface area contributed by atoms with Crippen molar-refractivity contribution in [3.05, 3.63) is 87.8 Å². The zero-order valence-electron chi connectivity index (χ0n) is 26.1. The molecule has 9 nitrogen and oxygen atoms in total. The molecule has 1 aliphatic heterocycles. The Bertz CT molecular complexity index is 1710. The predicted octanol–water partition coefficient (Wildman–Crippen LogP) is 5.55. The number of aryl methyl sites for hydroxylation is 2. The van der Waals surface area contributed by atoms with E-state index in [4.69, 9.17) is 4.42 Å². The summed E-state index contributed by atoms with van der Waals surface area (Å²) in [7, 11) is 1.74. The third-order valence-electron chi connectivity index (χ3n) is 8.32. The van der Waals surface area contributed by atoms with Gasteiger partial charge in [-0.05, 0) is 88.1 Å². The van der Waals surface area contributed by atoms with Crippen molar-refractivity contribution in [1.82, 2.24) is 14.5 Å². The number of rotatable bonds is 9. The van der Waals surface area contributed by atoms with Crippen LogP contribution in [-0.2, 0) is 29.1 Å². The van der Waals surface area contributed by atoms with Gasteiger partial charge < -0.3 is 18.8 Å². The monoisotopic (exact) mass is 641 g/mol. The largest absolute Gasteiger partial charge is 0.461 e. The van der Waals surface area contributed by atoms with Gasteiger partial charge in [-0.25, -0.2) is 0 Å². The van der Waals surface area contributed by atoms with Crippen LogP contribution in [0.15, 0.2) is 64.2 Å². The van der Waals surface area contributed by atoms with E-state index in [0.717, 1.165) is 41.2 Å². The average molecular weight is 643 g/mol. The smallest absolute Gasteiger partial charge is 0.261 e. The van der Waals surface area contributed by atoms with Crippen LogP contribution in [-0.4, -0.2) is 52.9 Å². The molecule has 44 heavy (non-hydrogen) atoms. The van der Waals surface area contributed by atoms with Crippen LogP contribution in [0, 0.1) is 19.3 Å². The van der Waals surface area contributed by atoms with Crippen molar-refractivity contribution < 1.29 is 14.0 Å². The third-order valence-corrected chi connectivity index (χ3v) is 8.32. The Morgan fingerprint density at radius 3 is 2.41 bits per heavy atom. The van der Waals surface area contributed by atoms with Crippen molar-refractivity contribution in [3.8, 4) is 0 Å². The summed E-state index contributed by atoms with van der Waals surface area (Å²) in [5, 5.41) is 0.594. The Kier molecular flexibility index (Phi) is 11.1. The fourth-order valence-electron chi connectivity index (χ4n) is 5.69. The van der Waals surface area contributed by atoms with Gasteiger partial charge in [0.15, 0.2) is 0 Å². The molecule has 236 valence electrons. The van der Waals surface area contributed by atoms with Gasteiger partial charge in [0.1, 0.15) is 16.8 Å². The number of furan rings is 1. The van der Waals surface area contributed by atoms with Crippen LogP contribution in [0.5, 0.6) is 0 Å². The van der Waals surface area contributed by atoms with Crippen molar-refractivity contribution in [2.75, 3.05) is 36.5 Å². The Balaban J connectivity index is 0.00000264. The number of aromatic nitrogens is 2. The lowest BCUT2D eigenvalue weighted by Gasteiger charge is -2.27. The van der Waals surface area contributed by atoms with Gasteiger partial charge in [-0.3, -0.25) is 24.3 Å². The maximum absolute atomic E-state index is 13.3. The highest BCUT2D eigenvalue weighted by molar-refractivity contribution is 6.19. The van der Waals surface area contributed by atoms with Crippen LogP contribution in [0.25, 0.3) is 11.0 Å². The SMILES string of the molecule is CCN1C(=O)C(C)(C)C(=O)N(C)c2cc(CCN(CCn3ccc4oc(C)cc4c3=O)Cc3cnccc3C)ccc21.Cl.Cl. The van der Waals surface area contributed by atoms with Crippen molar-refractivity contribution in [1.29, 1.82) is 0 Å². The Morgan fingerprint density at radius 1 is 0.955 bits per heavy atom. The second kappa shape index (κ2) is 14.0. The molecule has 0 radical (unpaired) electrons. The summed E-state index contributed by atoms with van der Waals surface area (Å²) in [5.74, 6) is 0.313. The molecule has 3 aromatic heterocycles. The van der Waals surface area contributed by atoms with Crippen LogP contribution in [0.4, 0.5) is 11.4 Å². The minimum absolute atomic E-state index is 0. The number of carbonyl (C=O) groups is 2. The molecule has 4 heterocycles. The summed E-state index contributed by atoms with van der Waals surface area (Å²) < 4.78 is 7.36. The van der Waals surface area contributed by atoms with Crippen LogP contribution < -0.4 is 15.4 Å². The van der Waals surface area contributed by atoms with E-state index < -0.39 is 5.41 Å². The zero-order valence-corrected chi connectivity index (χ0v) is 27.8. The minimum atomic E-state index is -1.14. The van der Waals surface area contributed by atoms with Gasteiger partial charge in [-0.2, -0.15) is 0 Å². The molecule has 0 saturated carbocycles. The first-order chi connectivity index (χ1) is 20.0. The maximum atomic E-state index is 13.3. The molecular formula is C33H41Cl2N5O4. The van der Waals surface area contributed by atoms with E-state index in [1.54, 1.807) is 53.7 Å². The number of hydrogen-bond donors (Lipinski definition) is 0. The second-order valence-corrected chi connectivity index (χ2v) is 11.6. The summed E-state index contributed by atoms with van der Waals surface area (Å²) in [5.41, 5.74) is 4.27. The zero-order chi connectivity index (χ0) is 30.2. The first kappa shape index (κ1) is 34.8. The molecule has 11 heteroatoms. The summed E-state index contributed by atoms with van der Waals surface area (Å²) in [6.07, 6.45) is 6.22. The lowest BCUT2D eigenvalue weighted by atomic mass is 9.90. The van der Waals surface area contributed by atoms with Crippen LogP contribution >= 0.6 is 24.8 Å². The molecule has 4 aromatic rings. The van der Waals surface area contributed by atoms with E-state index in [2.05, 4.69) is 16.8 Å². The molecule has 1 aromatic carbocycles. The first-order valence-corrected chi connectivity index (χ1v) is 14.5. The van der Waals surface area contributed by atoms with Crippen molar-refractivity contribution in [2.45, 2.75) is 54.1 Å². The van der Waals surface area contributed by atoms with Gasteiger partial charge in [0.2, 0.25) is 11.8 Å². The van der Waals surface area contributed by atoms with Gasteiger partial charge in [0, 0.05) is 58.4 Å². The summed E-state index contributed by atoms with van der Waals surface area (Å²) in [6.45, 7) is 12.3. The normalized spacial score (nSPS) is 14.3. The van der Waals surface area contributed by atoms with E-state index in [9.17, 15) is 14.4 Å². The standard InChI is InChI=1S/C33H39N5O4.2ClH/c1-7-38-27-9-8-24(19-28(27)35(6)31(40)33(4,5)32(38)41)11-14-36(21-25-20-34-13-10-22(25)2)16-17-37-15-12-29-26(30(37)39)18-23(3)42-29;;/h8-10,12-13,15,18-20H,7,11,14,16-17,21H2,1-6H3;2*1H. The molecule has 0 spiro atoms. The number of anilines is 2. The van der Waals surface area contributed by atoms with E-state index >= 15 is 0 Å². The maximum Gasteiger partial charge on any atom is 0.261 e. The number of pyridine rings is 2. The molecule has 0 N–H and O–H groups in total. The van der Waals surface area contributed by atoms with Crippen molar-refractivity contribution in [3.63, 3.8) is 0 Å². The van der Waals surface area contributed by atoms with Crippen molar-refractivity contribution in [2.24, 2.45) is 5.41 Å². The predicted molar refractivity (Wildman–Crippen MR) is 179 cm³/mol. The van der Waals surface area contributed by atoms with E-state index in [-0.39, 0.29) is 42.2 Å². The van der Waals surface area contributed by atoms with Crippen LogP contribution in [0.2, 0.25) is 0 Å². The van der Waals surface area contributed by atoms with E-state index in [1.165, 1.54) is 5.56 Å². The Labute approximate surface area is 270 Å². The first-order valence-electron chi connectivity index (χ1n) is 14.5. The number of halogens is 2. The summed E-state index contributed by atoms with van der Waals surface area (Å²) >= 11 is 0. The van der Waals surface area contributed by atoms with Gasteiger partial charge in [-0.1, -0.05) is 6.07 Å². The molecule has 0 fully saturated rings. The fraction of sp³-hybridized carbons (Fsp3) is 0.394. The second-order valence-electron chi connectivity index (χ2n) is 11.6. The minimum Gasteiger partial charge on any atom is -0.461 e. The van der Waals surface area contributed by atoms with E-state index in [0.29, 0.717) is 37.1 Å². The number of fused-ring (bicyclic) bond motifs is 2. The number of hydrogen-bond acceptors (Lipinski definition) is 6. The molecule has 0 aliphatic carbocycles. The average Bonchev–Trinajstić information content (AvgIpc) is 3.35. The molecule has 0 bridgehead atoms. The highest BCUT2D eigenvalue weighted by Crippen LogP contribution is 2.38. The van der Waals surface area contributed by atoms with Crippen LogP contribution in [0.1, 0.15) is 43.2 Å². The molecular weight excluding hydrogens is 601 g/mol. The Hall–Kier alpha value is -3.66. The Morgan fingerprint density at radius 2 is 1.70 bits per heavy atom. The van der Waals surface area contributed by atoms with Gasteiger partial charge >= 0.3 is 0 Å². The quantitative estimate of drug-likeness (QED) is 0.223. The summed E-state index contributed by atoms with van der Waals surface area (Å²) in [4.78, 5) is 49.6. The number of nitrogens with zero attached hydrogens (tertiary/aromatic N) is 5. The van der Waals surface area contributed by atoms with Crippen molar-refractivity contribution >= 4 is 59.0 Å². The third kappa shape index (κ3) is 6.70. The van der Waals surface area contributed by atoms with Gasteiger partial charge in [0.05, 0.1) is 16.8 Å². The highest BCUT2D eigenvalue weighted by atomic mass is 35.5. The lowest BCUT2D eigenvalue weighted by Crippen LogP contribution is -2.47. The molecule has 2 amide bonds. The molecule has 0 unspecified atom stereocenters. The number of carbonyl (C=O) groups excluding carboxylic acids is 2. The molecule has 0 saturated heterocycles. The lowest BCUT2D eigenvalue weighted by molar-refractivity contribution is -0.137. The molecule has 5 rings (SSSR count).